The molecule has 3 rings (SSSR count). The number of carbonyl (C=O) groups is 1. The zero-order chi connectivity index (χ0) is 19.4. The zero-order valence-corrected chi connectivity index (χ0v) is 15.0. The van der Waals surface area contributed by atoms with E-state index in [0.29, 0.717) is 26.1 Å². The number of benzene rings is 2. The lowest BCUT2D eigenvalue weighted by molar-refractivity contribution is -0.384. The number of nitro benzene ring substituents is 1. The van der Waals surface area contributed by atoms with E-state index >= 15 is 0 Å². The molecule has 0 saturated heterocycles. The van der Waals surface area contributed by atoms with E-state index in [-0.39, 0.29) is 17.0 Å². The summed E-state index contributed by atoms with van der Waals surface area (Å²) in [5.41, 5.74) is 0.484. The van der Waals surface area contributed by atoms with Crippen LogP contribution >= 0.6 is 11.3 Å². The minimum absolute atomic E-state index is 0.0603. The summed E-state index contributed by atoms with van der Waals surface area (Å²) in [6.45, 7) is 0. The average molecular weight is 382 g/mol. The number of ether oxygens (including phenoxy) is 1. The third-order valence-corrected chi connectivity index (χ3v) is 4.66. The van der Waals surface area contributed by atoms with Crippen molar-refractivity contribution in [3.8, 4) is 5.75 Å². The molecule has 1 aromatic heterocycles. The number of Topliss-reactive ketones (excluding diaryl/α,β-unsaturated/α-hetero) is 1. The summed E-state index contributed by atoms with van der Waals surface area (Å²) in [6, 6.07) is 12.8. The smallest absolute Gasteiger partial charge is 0.270 e. The van der Waals surface area contributed by atoms with Gasteiger partial charge in [-0.2, -0.15) is 0 Å². The predicted octanol–water partition coefficient (Wildman–Crippen LogP) is 1.85. The van der Waals surface area contributed by atoms with E-state index in [4.69, 9.17) is 4.74 Å². The summed E-state index contributed by atoms with van der Waals surface area (Å²) in [7, 11) is 1.48. The van der Waals surface area contributed by atoms with E-state index in [0.717, 1.165) is 11.3 Å². The molecule has 0 saturated carbocycles. The molecule has 8 heteroatoms. The molecule has 3 aromatic rings. The number of aromatic nitrogens is 1. The number of methoxy groups -OCH3 is 1. The van der Waals surface area contributed by atoms with Crippen molar-refractivity contribution in [2.24, 2.45) is 0 Å². The Morgan fingerprint density at radius 3 is 2.74 bits per heavy atom. The number of nitrogens with zero attached hydrogens (tertiary/aromatic N) is 1. The van der Waals surface area contributed by atoms with Gasteiger partial charge in [-0.3, -0.25) is 19.7 Å². The molecule has 0 aliphatic carbocycles. The van der Waals surface area contributed by atoms with Crippen LogP contribution in [0.25, 0.3) is 12.2 Å². The second kappa shape index (κ2) is 7.79. The van der Waals surface area contributed by atoms with Gasteiger partial charge < -0.3 is 9.72 Å². The van der Waals surface area contributed by atoms with Gasteiger partial charge in [0.15, 0.2) is 5.78 Å². The second-order valence-electron chi connectivity index (χ2n) is 5.49. The van der Waals surface area contributed by atoms with Gasteiger partial charge in [0, 0.05) is 18.2 Å². The minimum Gasteiger partial charge on any atom is -0.496 e. The van der Waals surface area contributed by atoms with Crippen LogP contribution in [0, 0.1) is 10.1 Å². The molecule has 0 radical (unpaired) electrons. The fourth-order valence-electron chi connectivity index (χ4n) is 2.45. The summed E-state index contributed by atoms with van der Waals surface area (Å²) in [5, 5.41) is 10.9. The Morgan fingerprint density at radius 1 is 1.22 bits per heavy atom. The maximum atomic E-state index is 12.5. The van der Waals surface area contributed by atoms with Crippen molar-refractivity contribution >= 4 is 35.0 Å². The van der Waals surface area contributed by atoms with E-state index in [1.54, 1.807) is 42.5 Å². The number of aromatic amines is 1. The molecule has 0 atom stereocenters. The van der Waals surface area contributed by atoms with Crippen LogP contribution in [0.15, 0.2) is 53.3 Å². The molecule has 136 valence electrons. The number of H-pyrrole nitrogens is 1. The monoisotopic (exact) mass is 382 g/mol. The summed E-state index contributed by atoms with van der Waals surface area (Å²) < 4.78 is 5.90. The molecule has 0 amide bonds. The fraction of sp³-hybridized carbons (Fsp3) is 0.0526. The molecule has 0 bridgehead atoms. The molecular weight excluding hydrogens is 368 g/mol. The normalized spacial score (nSPS) is 12.2. The number of para-hydroxylation sites is 1. The van der Waals surface area contributed by atoms with Gasteiger partial charge >= 0.3 is 0 Å². The van der Waals surface area contributed by atoms with Gasteiger partial charge in [0.2, 0.25) is 0 Å². The number of nitro groups is 1. The largest absolute Gasteiger partial charge is 0.496 e. The summed E-state index contributed by atoms with van der Waals surface area (Å²) in [5.74, 6) is 0.146. The van der Waals surface area contributed by atoms with Crippen molar-refractivity contribution < 1.29 is 14.5 Å². The highest BCUT2D eigenvalue weighted by molar-refractivity contribution is 7.07. The molecular formula is C19H14N2O5S. The Hall–Kier alpha value is -3.52. The van der Waals surface area contributed by atoms with Crippen molar-refractivity contribution in [1.29, 1.82) is 0 Å². The van der Waals surface area contributed by atoms with Crippen LogP contribution in [0.4, 0.5) is 5.69 Å². The Bertz CT molecular complexity index is 1190. The highest BCUT2D eigenvalue weighted by Gasteiger charge is 2.09. The molecule has 0 unspecified atom stereocenters. The average Bonchev–Trinajstić information content (AvgIpc) is 3.00. The first-order chi connectivity index (χ1) is 13.0. The van der Waals surface area contributed by atoms with Gasteiger partial charge in [-0.05, 0) is 23.8 Å². The van der Waals surface area contributed by atoms with Crippen LogP contribution in [0.5, 0.6) is 5.75 Å². The van der Waals surface area contributed by atoms with E-state index < -0.39 is 4.92 Å². The molecule has 7 nitrogen and oxygen atoms in total. The van der Waals surface area contributed by atoms with Crippen LogP contribution in [0.2, 0.25) is 0 Å². The summed E-state index contributed by atoms with van der Waals surface area (Å²) in [6.07, 6.45) is 2.87. The molecule has 1 heterocycles. The number of ketones is 1. The molecule has 0 fully saturated rings. The summed E-state index contributed by atoms with van der Waals surface area (Å²) in [4.78, 5) is 37.6. The lowest BCUT2D eigenvalue weighted by atomic mass is 10.1. The molecule has 0 aliphatic rings. The first-order valence-electron chi connectivity index (χ1n) is 7.82. The van der Waals surface area contributed by atoms with E-state index in [2.05, 4.69) is 4.98 Å². The fourth-order valence-corrected chi connectivity index (χ4v) is 3.33. The maximum absolute atomic E-state index is 12.5. The third kappa shape index (κ3) is 4.18. The number of carbonyl (C=O) groups excluding carboxylic acids is 1. The van der Waals surface area contributed by atoms with Crippen molar-refractivity contribution in [3.63, 3.8) is 0 Å². The van der Waals surface area contributed by atoms with E-state index in [1.165, 1.54) is 25.3 Å². The van der Waals surface area contributed by atoms with Crippen molar-refractivity contribution in [2.75, 3.05) is 7.11 Å². The first kappa shape index (κ1) is 18.3. The first-order valence-corrected chi connectivity index (χ1v) is 8.64. The highest BCUT2D eigenvalue weighted by atomic mass is 32.1. The standard InChI is InChI=1S/C19H14N2O5S/c1-26-16-8-3-2-7-14(16)15(22)11-18-20-19(23)17(27-18)10-12-5-4-6-13(9-12)21(24)25/h2-11H,1H3,(H,20,23)/b17-10+,18-11+. The molecule has 27 heavy (non-hydrogen) atoms. The van der Waals surface area contributed by atoms with Gasteiger partial charge in [0.05, 0.1) is 26.8 Å². The van der Waals surface area contributed by atoms with Gasteiger partial charge in [-0.1, -0.05) is 24.3 Å². The van der Waals surface area contributed by atoms with Crippen LogP contribution in [-0.4, -0.2) is 22.8 Å². The highest BCUT2D eigenvalue weighted by Crippen LogP contribution is 2.18. The van der Waals surface area contributed by atoms with Crippen molar-refractivity contribution in [3.05, 3.63) is 89.3 Å². The topological polar surface area (TPSA) is 102 Å². The number of hydrogen-bond acceptors (Lipinski definition) is 6. The van der Waals surface area contributed by atoms with Gasteiger partial charge in [0.1, 0.15) is 5.75 Å². The maximum Gasteiger partial charge on any atom is 0.270 e. The van der Waals surface area contributed by atoms with Crippen molar-refractivity contribution in [1.82, 2.24) is 4.98 Å². The second-order valence-corrected chi connectivity index (χ2v) is 6.57. The SMILES string of the molecule is COc1ccccc1C(=O)/C=c1\[nH]c(=O)/c(=C\c2cccc([N+](=O)[O-])c2)s1. The van der Waals surface area contributed by atoms with Gasteiger partial charge in [0.25, 0.3) is 11.2 Å². The zero-order valence-electron chi connectivity index (χ0n) is 14.2. The van der Waals surface area contributed by atoms with Crippen molar-refractivity contribution in [2.45, 2.75) is 0 Å². The Morgan fingerprint density at radius 2 is 2.00 bits per heavy atom. The lowest BCUT2D eigenvalue weighted by Crippen LogP contribution is -2.20. The van der Waals surface area contributed by atoms with Gasteiger partial charge in [-0.15, -0.1) is 11.3 Å². The van der Waals surface area contributed by atoms with Crippen LogP contribution < -0.4 is 19.5 Å². The molecule has 1 N–H and O–H groups in total. The number of hydrogen-bond donors (Lipinski definition) is 1. The molecule has 0 spiro atoms. The number of nitrogens with one attached hydrogen (secondary N) is 1. The Labute approximate surface area is 157 Å². The van der Waals surface area contributed by atoms with E-state index in [9.17, 15) is 19.7 Å². The summed E-state index contributed by atoms with van der Waals surface area (Å²) >= 11 is 1.09. The lowest BCUT2D eigenvalue weighted by Gasteiger charge is -2.03. The Kier molecular flexibility index (Phi) is 5.28. The van der Waals surface area contributed by atoms with Crippen LogP contribution in [0.3, 0.4) is 0 Å². The number of thiazole rings is 1. The third-order valence-electron chi connectivity index (χ3n) is 3.69. The Balaban J connectivity index is 2.00. The van der Waals surface area contributed by atoms with Crippen LogP contribution in [-0.2, 0) is 0 Å². The molecule has 0 aliphatic heterocycles. The van der Waals surface area contributed by atoms with Crippen LogP contribution in [0.1, 0.15) is 15.9 Å². The quantitative estimate of drug-likeness (QED) is 0.412. The molecule has 2 aromatic carbocycles. The van der Waals surface area contributed by atoms with Gasteiger partial charge in [-0.25, -0.2) is 0 Å². The number of rotatable bonds is 5. The minimum atomic E-state index is -0.499. The van der Waals surface area contributed by atoms with E-state index in [1.807, 2.05) is 0 Å². The predicted molar refractivity (Wildman–Crippen MR) is 103 cm³/mol. The number of non-ortho nitro benzene ring substituents is 1.